The summed E-state index contributed by atoms with van der Waals surface area (Å²) in [6.07, 6.45) is 3.10. The van der Waals surface area contributed by atoms with Crippen LogP contribution in [0.5, 0.6) is 0 Å². The summed E-state index contributed by atoms with van der Waals surface area (Å²) in [6, 6.07) is 5.17. The Morgan fingerprint density at radius 2 is 2.14 bits per heavy atom. The lowest BCUT2D eigenvalue weighted by Gasteiger charge is -2.04. The van der Waals surface area contributed by atoms with Crippen LogP contribution in [0.2, 0.25) is 0 Å². The Bertz CT molecular complexity index is 720. The number of aryl methyl sites for hydroxylation is 2. The Morgan fingerprint density at radius 3 is 2.86 bits per heavy atom. The number of carbonyl (C=O) groups is 1. The van der Waals surface area contributed by atoms with Gasteiger partial charge < -0.3 is 5.32 Å². The predicted molar refractivity (Wildman–Crippen MR) is 77.4 cm³/mol. The summed E-state index contributed by atoms with van der Waals surface area (Å²) in [6.45, 7) is 0. The highest BCUT2D eigenvalue weighted by atomic mass is 32.1. The van der Waals surface area contributed by atoms with Gasteiger partial charge in [0, 0.05) is 16.6 Å². The van der Waals surface area contributed by atoms with Gasteiger partial charge in [0.05, 0.1) is 9.80 Å². The molecule has 0 saturated heterocycles. The monoisotopic (exact) mass is 306 g/mol. The molecular weight excluding hydrogens is 295 g/mol. The first-order chi connectivity index (χ1) is 10.0. The topological polar surface area (TPSA) is 72.2 Å². The lowest BCUT2D eigenvalue weighted by molar-refractivity contribution is -0.387. The SMILES string of the molecule is O=C(Nc1ccc(F)c([N+](=O)[O-])c1)c1cc2c(s1)CCC2. The molecule has 108 valence electrons. The second-order valence-corrected chi connectivity index (χ2v) is 5.93. The number of hydrogen-bond acceptors (Lipinski definition) is 4. The maximum absolute atomic E-state index is 13.2. The Hall–Kier alpha value is -2.28. The molecular formula is C14H11FN2O3S. The number of fused-ring (bicyclic) bond motifs is 1. The van der Waals surface area contributed by atoms with Gasteiger partial charge in [0.15, 0.2) is 0 Å². The van der Waals surface area contributed by atoms with Crippen LogP contribution in [-0.2, 0) is 12.8 Å². The molecule has 0 bridgehead atoms. The number of carbonyl (C=O) groups excluding carboxylic acids is 1. The van der Waals surface area contributed by atoms with Crippen LogP contribution in [-0.4, -0.2) is 10.8 Å². The van der Waals surface area contributed by atoms with Crippen LogP contribution in [0.25, 0.3) is 0 Å². The zero-order chi connectivity index (χ0) is 15.0. The summed E-state index contributed by atoms with van der Waals surface area (Å²) in [5.41, 5.74) is 0.762. The first kappa shape index (κ1) is 13.7. The van der Waals surface area contributed by atoms with Crippen molar-refractivity contribution in [3.05, 3.63) is 55.5 Å². The lowest BCUT2D eigenvalue weighted by atomic mass is 10.2. The second kappa shape index (κ2) is 5.25. The summed E-state index contributed by atoms with van der Waals surface area (Å²) in [5.74, 6) is -1.25. The van der Waals surface area contributed by atoms with E-state index in [9.17, 15) is 19.3 Å². The number of anilines is 1. The van der Waals surface area contributed by atoms with Crippen LogP contribution in [0.4, 0.5) is 15.8 Å². The number of nitrogens with zero attached hydrogens (tertiary/aromatic N) is 1. The van der Waals surface area contributed by atoms with Crippen LogP contribution in [0.3, 0.4) is 0 Å². The second-order valence-electron chi connectivity index (χ2n) is 4.79. The van der Waals surface area contributed by atoms with Gasteiger partial charge >= 0.3 is 5.69 Å². The minimum Gasteiger partial charge on any atom is -0.321 e. The van der Waals surface area contributed by atoms with Crippen molar-refractivity contribution in [2.24, 2.45) is 0 Å². The first-order valence-electron chi connectivity index (χ1n) is 6.41. The van der Waals surface area contributed by atoms with Crippen molar-refractivity contribution in [2.75, 3.05) is 5.32 Å². The molecule has 0 atom stereocenters. The van der Waals surface area contributed by atoms with Crippen LogP contribution in [0, 0.1) is 15.9 Å². The minimum absolute atomic E-state index is 0.210. The van der Waals surface area contributed by atoms with Gasteiger partial charge in [-0.25, -0.2) is 0 Å². The van der Waals surface area contributed by atoms with Crippen LogP contribution in [0.1, 0.15) is 26.5 Å². The van der Waals surface area contributed by atoms with E-state index in [-0.39, 0.29) is 11.6 Å². The number of nitro groups is 1. The molecule has 1 aliphatic rings. The van der Waals surface area contributed by atoms with Gasteiger partial charge in [-0.05, 0) is 43.0 Å². The molecule has 2 aromatic rings. The number of nitrogens with one attached hydrogen (secondary N) is 1. The Labute approximate surface area is 123 Å². The zero-order valence-corrected chi connectivity index (χ0v) is 11.7. The maximum atomic E-state index is 13.2. The highest BCUT2D eigenvalue weighted by molar-refractivity contribution is 7.14. The van der Waals surface area contributed by atoms with Crippen LogP contribution >= 0.6 is 11.3 Å². The molecule has 0 saturated carbocycles. The van der Waals surface area contributed by atoms with Gasteiger partial charge in [-0.15, -0.1) is 11.3 Å². The van der Waals surface area contributed by atoms with Gasteiger partial charge in [-0.3, -0.25) is 14.9 Å². The molecule has 7 heteroatoms. The number of amides is 1. The summed E-state index contributed by atoms with van der Waals surface area (Å²) in [5, 5.41) is 13.2. The van der Waals surface area contributed by atoms with Crippen LogP contribution in [0.15, 0.2) is 24.3 Å². The third kappa shape index (κ3) is 2.64. The summed E-state index contributed by atoms with van der Waals surface area (Å²) >= 11 is 1.44. The molecule has 1 N–H and O–H groups in total. The van der Waals surface area contributed by atoms with E-state index in [2.05, 4.69) is 5.32 Å². The van der Waals surface area contributed by atoms with E-state index in [1.165, 1.54) is 27.8 Å². The van der Waals surface area contributed by atoms with Crippen molar-refractivity contribution < 1.29 is 14.1 Å². The molecule has 1 heterocycles. The van der Waals surface area contributed by atoms with Crippen molar-refractivity contribution in [1.82, 2.24) is 0 Å². The number of thiophene rings is 1. The fourth-order valence-corrected chi connectivity index (χ4v) is 3.51. The molecule has 1 aliphatic carbocycles. The van der Waals surface area contributed by atoms with Crippen LogP contribution < -0.4 is 5.32 Å². The molecule has 3 rings (SSSR count). The van der Waals surface area contributed by atoms with E-state index in [4.69, 9.17) is 0 Å². The Balaban J connectivity index is 1.81. The Kier molecular flexibility index (Phi) is 3.42. The third-order valence-corrected chi connectivity index (χ3v) is 4.61. The molecule has 0 spiro atoms. The molecule has 0 radical (unpaired) electrons. The van der Waals surface area contributed by atoms with Crippen molar-refractivity contribution >= 4 is 28.6 Å². The molecule has 1 aromatic heterocycles. The van der Waals surface area contributed by atoms with Crippen molar-refractivity contribution in [1.29, 1.82) is 0 Å². The van der Waals surface area contributed by atoms with Crippen molar-refractivity contribution in [2.45, 2.75) is 19.3 Å². The molecule has 5 nitrogen and oxygen atoms in total. The number of nitro benzene ring substituents is 1. The van der Waals surface area contributed by atoms with E-state index in [0.717, 1.165) is 31.4 Å². The molecule has 0 aliphatic heterocycles. The predicted octanol–water partition coefficient (Wildman–Crippen LogP) is 3.54. The van der Waals surface area contributed by atoms with Gasteiger partial charge in [0.2, 0.25) is 5.82 Å². The average Bonchev–Trinajstić information content (AvgIpc) is 3.01. The number of hydrogen-bond donors (Lipinski definition) is 1. The first-order valence-corrected chi connectivity index (χ1v) is 7.23. The summed E-state index contributed by atoms with van der Waals surface area (Å²) in [7, 11) is 0. The highest BCUT2D eigenvalue weighted by Gasteiger charge is 2.20. The van der Waals surface area contributed by atoms with E-state index < -0.39 is 16.4 Å². The molecule has 1 amide bonds. The van der Waals surface area contributed by atoms with Crippen molar-refractivity contribution in [3.63, 3.8) is 0 Å². The maximum Gasteiger partial charge on any atom is 0.306 e. The third-order valence-electron chi connectivity index (χ3n) is 3.37. The van der Waals surface area contributed by atoms with Gasteiger partial charge in [-0.2, -0.15) is 4.39 Å². The normalized spacial score (nSPS) is 13.0. The number of rotatable bonds is 3. The highest BCUT2D eigenvalue weighted by Crippen LogP contribution is 2.31. The van der Waals surface area contributed by atoms with E-state index in [1.807, 2.05) is 6.07 Å². The standard InChI is InChI=1S/C14H11FN2O3S/c15-10-5-4-9(7-11(10)17(19)20)16-14(18)13-6-8-2-1-3-12(8)21-13/h4-7H,1-3H2,(H,16,18). The zero-order valence-electron chi connectivity index (χ0n) is 10.9. The van der Waals surface area contributed by atoms with Gasteiger partial charge in [0.1, 0.15) is 0 Å². The summed E-state index contributed by atoms with van der Waals surface area (Å²) < 4.78 is 13.2. The number of halogens is 1. The largest absolute Gasteiger partial charge is 0.321 e. The van der Waals surface area contributed by atoms with Gasteiger partial charge in [0.25, 0.3) is 5.91 Å². The number of benzene rings is 1. The fraction of sp³-hybridized carbons (Fsp3) is 0.214. The molecule has 21 heavy (non-hydrogen) atoms. The Morgan fingerprint density at radius 1 is 1.33 bits per heavy atom. The molecule has 0 fully saturated rings. The molecule has 1 aromatic carbocycles. The lowest BCUT2D eigenvalue weighted by Crippen LogP contribution is -2.10. The summed E-state index contributed by atoms with van der Waals surface area (Å²) in [4.78, 5) is 23.8. The fourth-order valence-electron chi connectivity index (χ4n) is 2.36. The van der Waals surface area contributed by atoms with Crippen molar-refractivity contribution in [3.8, 4) is 0 Å². The van der Waals surface area contributed by atoms with Gasteiger partial charge in [-0.1, -0.05) is 0 Å². The van der Waals surface area contributed by atoms with E-state index in [1.54, 1.807) is 0 Å². The van der Waals surface area contributed by atoms with E-state index >= 15 is 0 Å². The molecule has 0 unspecified atom stereocenters. The average molecular weight is 306 g/mol. The smallest absolute Gasteiger partial charge is 0.306 e. The van der Waals surface area contributed by atoms with E-state index in [0.29, 0.717) is 4.88 Å². The quantitative estimate of drug-likeness (QED) is 0.696. The minimum atomic E-state index is -0.923.